The monoisotopic (exact) mass is 484 g/mol. The van der Waals surface area contributed by atoms with E-state index in [0.29, 0.717) is 82.1 Å². The van der Waals surface area contributed by atoms with Gasteiger partial charge in [0.1, 0.15) is 28.4 Å². The van der Waals surface area contributed by atoms with Crippen molar-refractivity contribution < 1.29 is 0 Å². The highest BCUT2D eigenvalue weighted by molar-refractivity contribution is 5.98. The van der Waals surface area contributed by atoms with Crippen LogP contribution in [0.25, 0.3) is 0 Å². The van der Waals surface area contributed by atoms with E-state index >= 15 is 0 Å². The van der Waals surface area contributed by atoms with Gasteiger partial charge in [0.05, 0.1) is 28.4 Å². The zero-order valence-corrected chi connectivity index (χ0v) is 20.1. The van der Waals surface area contributed by atoms with Crippen LogP contribution in [-0.4, -0.2) is 67.1 Å². The number of nitrogen functional groups attached to an aromatic ring is 1. The summed E-state index contributed by atoms with van der Waals surface area (Å²) in [6.45, 7) is 33.4. The fourth-order valence-electron chi connectivity index (χ4n) is 3.75. The molecule has 0 unspecified atom stereocenters. The molecule has 0 spiro atoms. The van der Waals surface area contributed by atoms with E-state index < -0.39 is 0 Å². The highest BCUT2D eigenvalue weighted by Gasteiger charge is 2.23. The molecule has 184 valence electrons. The predicted octanol–water partition coefficient (Wildman–Crippen LogP) is 5.09. The van der Waals surface area contributed by atoms with E-state index in [0.717, 1.165) is 0 Å². The van der Waals surface area contributed by atoms with Crippen molar-refractivity contribution >= 4 is 117 Å². The van der Waals surface area contributed by atoms with Crippen molar-refractivity contribution in [3.05, 3.63) is 11.1 Å². The number of aliphatic imine (C=N–C) groups is 9. The number of hydrogen-bond donors (Lipinski definition) is 3. The lowest BCUT2D eigenvalue weighted by molar-refractivity contribution is 0.583. The minimum absolute atomic E-state index is 0.271. The molecule has 2 aromatic rings. The molecule has 0 bridgehead atoms. The molecule has 0 atom stereocenters. The van der Waals surface area contributed by atoms with Crippen LogP contribution in [0.5, 0.6) is 0 Å². The van der Waals surface area contributed by atoms with Gasteiger partial charge in [-0.05, 0) is 60.5 Å². The summed E-state index contributed by atoms with van der Waals surface area (Å²) in [6.07, 6.45) is 0. The third-order valence-corrected chi connectivity index (χ3v) is 5.28. The van der Waals surface area contributed by atoms with E-state index in [2.05, 4.69) is 116 Å². The smallest absolute Gasteiger partial charge is 0.118 e. The number of nitrogens with zero attached hydrogens (tertiary/aromatic N) is 9. The number of hydrogen-bond acceptors (Lipinski definition) is 12. The van der Waals surface area contributed by atoms with Crippen molar-refractivity contribution in [3.8, 4) is 0 Å². The van der Waals surface area contributed by atoms with Crippen LogP contribution < -0.4 is 16.4 Å². The normalized spacial score (nSPS) is 10.2. The lowest BCUT2D eigenvalue weighted by Gasteiger charge is -2.18. The summed E-state index contributed by atoms with van der Waals surface area (Å²) < 4.78 is 0. The van der Waals surface area contributed by atoms with Crippen molar-refractivity contribution in [2.45, 2.75) is 13.1 Å². The second-order valence-corrected chi connectivity index (χ2v) is 6.96. The molecule has 0 aromatic heterocycles. The maximum Gasteiger partial charge on any atom is 0.118 e. The molecule has 2 aromatic carbocycles. The Morgan fingerprint density at radius 1 is 0.417 bits per heavy atom. The molecular weight excluding hydrogens is 456 g/mol. The summed E-state index contributed by atoms with van der Waals surface area (Å²) in [7, 11) is 0. The fraction of sp³-hybridized carbons (Fsp3) is 0.125. The first-order valence-corrected chi connectivity index (χ1v) is 10.3. The van der Waals surface area contributed by atoms with E-state index in [-0.39, 0.29) is 5.69 Å². The zero-order chi connectivity index (χ0) is 26.8. The molecule has 0 saturated heterocycles. The maximum absolute atomic E-state index is 6.22. The van der Waals surface area contributed by atoms with Crippen LogP contribution in [0.1, 0.15) is 11.1 Å². The summed E-state index contributed by atoms with van der Waals surface area (Å²) in [5.74, 6) is 0. The third kappa shape index (κ3) is 4.85. The molecule has 0 heterocycles. The Morgan fingerprint density at radius 2 is 0.694 bits per heavy atom. The summed E-state index contributed by atoms with van der Waals surface area (Å²) in [5.41, 5.74) is 11.3. The van der Waals surface area contributed by atoms with Crippen LogP contribution >= 0.6 is 0 Å². The molecule has 36 heavy (non-hydrogen) atoms. The molecule has 0 radical (unpaired) electrons. The average Bonchev–Trinajstić information content (AvgIpc) is 2.90. The van der Waals surface area contributed by atoms with E-state index in [1.54, 1.807) is 0 Å². The highest BCUT2D eigenvalue weighted by atomic mass is 15.1. The number of anilines is 1. The third-order valence-electron chi connectivity index (χ3n) is 5.28. The lowest BCUT2D eigenvalue weighted by atomic mass is 10.0. The molecule has 2 rings (SSSR count). The standard InChI is InChI=1S/C24H28N12/c1-26-16-13(17(27-2)21(31-6)20(30-5)15(16)25)10-35-12-36-11-14-18(28-3)22(32-7)24(34-9)23(33-8)19(14)29-4/h35-36H,1-12,25H2. The quantitative estimate of drug-likeness (QED) is 0.139. The minimum atomic E-state index is 0.271. The van der Waals surface area contributed by atoms with Gasteiger partial charge in [-0.15, -0.1) is 0 Å². The number of benzene rings is 2. The zero-order valence-electron chi connectivity index (χ0n) is 20.1. The van der Waals surface area contributed by atoms with Gasteiger partial charge in [0.25, 0.3) is 0 Å². The number of nitrogens with two attached hydrogens (primary N) is 1. The van der Waals surface area contributed by atoms with Gasteiger partial charge in [-0.1, -0.05) is 0 Å². The Labute approximate surface area is 209 Å². The molecular formula is C24H28N12. The van der Waals surface area contributed by atoms with Gasteiger partial charge in [0.15, 0.2) is 0 Å². The Balaban J connectivity index is 2.36. The number of nitrogens with one attached hydrogen (secondary N) is 2. The first-order chi connectivity index (χ1) is 17.4. The van der Waals surface area contributed by atoms with Crippen LogP contribution in [0.3, 0.4) is 0 Å². The molecule has 0 amide bonds. The predicted molar refractivity (Wildman–Crippen MR) is 159 cm³/mol. The molecule has 12 heteroatoms. The minimum Gasteiger partial charge on any atom is -0.395 e. The van der Waals surface area contributed by atoms with E-state index in [4.69, 9.17) is 5.73 Å². The second kappa shape index (κ2) is 12.6. The highest BCUT2D eigenvalue weighted by Crippen LogP contribution is 2.53. The summed E-state index contributed by atoms with van der Waals surface area (Å²) in [6, 6.07) is 0. The summed E-state index contributed by atoms with van der Waals surface area (Å²) in [4.78, 5) is 36.4. The van der Waals surface area contributed by atoms with Gasteiger partial charge in [-0.2, -0.15) is 0 Å². The second-order valence-electron chi connectivity index (χ2n) is 6.96. The van der Waals surface area contributed by atoms with Gasteiger partial charge >= 0.3 is 0 Å². The van der Waals surface area contributed by atoms with E-state index in [9.17, 15) is 0 Å². The first kappa shape index (κ1) is 27.4. The summed E-state index contributed by atoms with van der Waals surface area (Å²) >= 11 is 0. The van der Waals surface area contributed by atoms with Crippen LogP contribution in [-0.2, 0) is 13.1 Å². The first-order valence-electron chi connectivity index (χ1n) is 10.3. The van der Waals surface area contributed by atoms with Gasteiger partial charge in [0.2, 0.25) is 0 Å². The Kier molecular flexibility index (Phi) is 9.60. The Morgan fingerprint density at radius 3 is 1.03 bits per heavy atom. The average molecular weight is 485 g/mol. The van der Waals surface area contributed by atoms with Crippen LogP contribution in [0, 0.1) is 0 Å². The van der Waals surface area contributed by atoms with E-state index in [1.165, 1.54) is 0 Å². The molecule has 0 aliphatic heterocycles. The van der Waals surface area contributed by atoms with Crippen molar-refractivity contribution in [1.82, 2.24) is 10.6 Å². The van der Waals surface area contributed by atoms with Crippen LogP contribution in [0.15, 0.2) is 44.9 Å². The van der Waals surface area contributed by atoms with E-state index in [1.807, 2.05) is 0 Å². The molecule has 0 fully saturated rings. The molecule has 0 saturated carbocycles. The Bertz CT molecular complexity index is 1250. The van der Waals surface area contributed by atoms with Gasteiger partial charge in [-0.3, -0.25) is 44.9 Å². The maximum atomic E-state index is 6.22. The van der Waals surface area contributed by atoms with Crippen molar-refractivity contribution in [2.24, 2.45) is 44.9 Å². The Hall–Kier alpha value is -4.81. The molecule has 12 nitrogen and oxygen atoms in total. The van der Waals surface area contributed by atoms with Crippen LogP contribution in [0.4, 0.5) is 56.9 Å². The SMILES string of the molecule is C=Nc1c(N)c(N=C)c(N=C)c(N=C)c1CNCNCc1c(N=C)c(N=C)c(N=C)c(N=C)c1N=C. The lowest BCUT2D eigenvalue weighted by Crippen LogP contribution is -2.28. The van der Waals surface area contributed by atoms with Crippen molar-refractivity contribution in [3.63, 3.8) is 0 Å². The van der Waals surface area contributed by atoms with Gasteiger partial charge < -0.3 is 16.4 Å². The summed E-state index contributed by atoms with van der Waals surface area (Å²) in [5, 5.41) is 6.51. The molecule has 0 aliphatic rings. The largest absolute Gasteiger partial charge is 0.395 e. The van der Waals surface area contributed by atoms with Crippen LogP contribution in [0.2, 0.25) is 0 Å². The molecule has 4 N–H and O–H groups in total. The van der Waals surface area contributed by atoms with Gasteiger partial charge in [0, 0.05) is 30.9 Å². The number of rotatable bonds is 15. The fourth-order valence-corrected chi connectivity index (χ4v) is 3.75. The van der Waals surface area contributed by atoms with Crippen molar-refractivity contribution in [1.29, 1.82) is 0 Å². The van der Waals surface area contributed by atoms with Gasteiger partial charge in [-0.25, -0.2) is 0 Å². The molecule has 0 aliphatic carbocycles. The van der Waals surface area contributed by atoms with Crippen molar-refractivity contribution in [2.75, 3.05) is 12.4 Å². The topological polar surface area (TPSA) is 161 Å².